The highest BCUT2D eigenvalue weighted by molar-refractivity contribution is 5.97. The largest absolute Gasteiger partial charge is 0.314 e. The highest BCUT2D eigenvalue weighted by Gasteiger charge is 2.22. The molecule has 0 saturated heterocycles. The molecule has 3 heteroatoms. The van der Waals surface area contributed by atoms with Crippen LogP contribution in [0.3, 0.4) is 0 Å². The number of fused-ring (bicyclic) bond motifs is 2. The van der Waals surface area contributed by atoms with E-state index in [2.05, 4.69) is 198 Å². The molecule has 0 fully saturated rings. The number of allylic oxidation sites excluding steroid dienone is 12. The quantitative estimate of drug-likeness (QED) is 0.156. The summed E-state index contributed by atoms with van der Waals surface area (Å²) < 4.78 is 2.30. The lowest BCUT2D eigenvalue weighted by Gasteiger charge is -2.31. The maximum absolute atomic E-state index is 5.10. The van der Waals surface area contributed by atoms with Crippen LogP contribution in [0, 0.1) is 0 Å². The van der Waals surface area contributed by atoms with E-state index in [4.69, 9.17) is 4.98 Å². The molecule has 3 nitrogen and oxygen atoms in total. The first kappa shape index (κ1) is 33.8. The second-order valence-corrected chi connectivity index (χ2v) is 15.0. The zero-order valence-electron chi connectivity index (χ0n) is 31.5. The Morgan fingerprint density at radius 2 is 0.982 bits per heavy atom. The van der Waals surface area contributed by atoms with Gasteiger partial charge in [-0.05, 0) is 131 Å². The first-order valence-corrected chi connectivity index (χ1v) is 19.9. The standard InChI is InChI=1S/C53H43N3/c1-3-14-46(15-4-1)55(51-21-11-13-44-12-7-8-18-49(44)51)48-36-34-43(35-37-48)41-28-26-39(27-29-41)38-22-24-40(25-23-38)42-30-32-45(33-31-42)53-54-50-19-9-10-20-52(50)56(53)47-16-5-2-6-17-47/h1-26,28,30,32,34,36H,27,29,31,33,35,37H2. The fourth-order valence-electron chi connectivity index (χ4n) is 8.71. The molecule has 3 aliphatic carbocycles. The van der Waals surface area contributed by atoms with Crippen LogP contribution in [-0.2, 0) is 0 Å². The second-order valence-electron chi connectivity index (χ2n) is 15.0. The Bertz CT molecular complexity index is 2770. The minimum absolute atomic E-state index is 0.961. The Morgan fingerprint density at radius 1 is 0.429 bits per heavy atom. The van der Waals surface area contributed by atoms with Crippen molar-refractivity contribution in [3.05, 3.63) is 222 Å². The van der Waals surface area contributed by atoms with Crippen LogP contribution < -0.4 is 4.90 Å². The van der Waals surface area contributed by atoms with Crippen molar-refractivity contribution in [1.29, 1.82) is 0 Å². The molecule has 270 valence electrons. The van der Waals surface area contributed by atoms with Crippen LogP contribution in [0.1, 0.15) is 55.5 Å². The summed E-state index contributed by atoms with van der Waals surface area (Å²) in [7, 11) is 0. The molecule has 0 spiro atoms. The van der Waals surface area contributed by atoms with E-state index in [0.29, 0.717) is 0 Å². The van der Waals surface area contributed by atoms with Crippen LogP contribution in [0.2, 0.25) is 0 Å². The van der Waals surface area contributed by atoms with Crippen LogP contribution in [0.25, 0.3) is 44.2 Å². The summed E-state index contributed by atoms with van der Waals surface area (Å²) >= 11 is 0. The average molecular weight is 722 g/mol. The minimum atomic E-state index is 0.961. The zero-order chi connectivity index (χ0) is 37.3. The number of imidazole rings is 1. The van der Waals surface area contributed by atoms with Gasteiger partial charge in [-0.3, -0.25) is 4.57 Å². The number of para-hydroxylation sites is 4. The summed E-state index contributed by atoms with van der Waals surface area (Å²) in [5.41, 5.74) is 16.7. The Hall–Kier alpha value is -6.71. The van der Waals surface area contributed by atoms with E-state index in [1.165, 1.54) is 66.8 Å². The van der Waals surface area contributed by atoms with Crippen molar-refractivity contribution in [2.45, 2.75) is 38.5 Å². The van der Waals surface area contributed by atoms with Gasteiger partial charge in [-0.2, -0.15) is 0 Å². The van der Waals surface area contributed by atoms with Crippen LogP contribution in [0.4, 0.5) is 11.4 Å². The Balaban J connectivity index is 0.868. The van der Waals surface area contributed by atoms with Crippen molar-refractivity contribution >= 4 is 49.9 Å². The SMILES string of the molecule is C1=C(C2=CC=C(N(c3ccccc3)c3cccc4ccccc34)CC2)CCC(c2ccc(C3=CC=C(c4nc5ccccc5n4-c4ccccc4)CC3)cc2)=C1. The number of benzene rings is 6. The smallest absolute Gasteiger partial charge is 0.141 e. The molecule has 0 unspecified atom stereocenters. The maximum Gasteiger partial charge on any atom is 0.141 e. The topological polar surface area (TPSA) is 21.1 Å². The van der Waals surface area contributed by atoms with Gasteiger partial charge in [0.05, 0.1) is 16.7 Å². The molecule has 0 radical (unpaired) electrons. The van der Waals surface area contributed by atoms with Gasteiger partial charge in [0.25, 0.3) is 0 Å². The summed E-state index contributed by atoms with van der Waals surface area (Å²) in [5.74, 6) is 1.04. The molecule has 0 N–H and O–H groups in total. The van der Waals surface area contributed by atoms with E-state index in [0.717, 1.165) is 61.1 Å². The normalized spacial score (nSPS) is 15.7. The molecule has 6 aromatic carbocycles. The van der Waals surface area contributed by atoms with Crippen molar-refractivity contribution in [2.24, 2.45) is 0 Å². The van der Waals surface area contributed by atoms with Crippen molar-refractivity contribution in [1.82, 2.24) is 9.55 Å². The molecule has 0 aliphatic heterocycles. The molecular weight excluding hydrogens is 679 g/mol. The van der Waals surface area contributed by atoms with Crippen LogP contribution in [0.5, 0.6) is 0 Å². The Kier molecular flexibility index (Phi) is 8.97. The van der Waals surface area contributed by atoms with Crippen LogP contribution >= 0.6 is 0 Å². The lowest BCUT2D eigenvalue weighted by atomic mass is 9.86. The Morgan fingerprint density at radius 3 is 1.66 bits per heavy atom. The molecule has 0 bridgehead atoms. The van der Waals surface area contributed by atoms with Crippen molar-refractivity contribution < 1.29 is 0 Å². The highest BCUT2D eigenvalue weighted by atomic mass is 15.1. The Labute approximate surface area is 329 Å². The van der Waals surface area contributed by atoms with Gasteiger partial charge >= 0.3 is 0 Å². The lowest BCUT2D eigenvalue weighted by molar-refractivity contribution is 0.854. The van der Waals surface area contributed by atoms with E-state index in [-0.39, 0.29) is 0 Å². The molecule has 0 atom stereocenters. The molecule has 56 heavy (non-hydrogen) atoms. The minimum Gasteiger partial charge on any atom is -0.314 e. The van der Waals surface area contributed by atoms with Gasteiger partial charge in [0.1, 0.15) is 5.82 Å². The number of aromatic nitrogens is 2. The lowest BCUT2D eigenvalue weighted by Crippen LogP contribution is -2.18. The van der Waals surface area contributed by atoms with Gasteiger partial charge in [-0.15, -0.1) is 0 Å². The van der Waals surface area contributed by atoms with Crippen molar-refractivity contribution in [2.75, 3.05) is 4.90 Å². The van der Waals surface area contributed by atoms with Crippen LogP contribution in [-0.4, -0.2) is 9.55 Å². The first-order chi connectivity index (χ1) is 27.8. The number of hydrogen-bond donors (Lipinski definition) is 0. The van der Waals surface area contributed by atoms with E-state index >= 15 is 0 Å². The third kappa shape index (κ3) is 6.46. The van der Waals surface area contributed by atoms with Crippen LogP contribution in [0.15, 0.2) is 205 Å². The molecule has 0 amide bonds. The fraction of sp³-hybridized carbons (Fsp3) is 0.113. The molecule has 0 saturated carbocycles. The summed E-state index contributed by atoms with van der Waals surface area (Å²) in [6, 6.07) is 54.4. The molecule has 1 heterocycles. The average Bonchev–Trinajstić information content (AvgIpc) is 3.68. The predicted octanol–water partition coefficient (Wildman–Crippen LogP) is 14.0. The van der Waals surface area contributed by atoms with E-state index in [1.807, 2.05) is 0 Å². The summed E-state index contributed by atoms with van der Waals surface area (Å²) in [6.07, 6.45) is 20.2. The van der Waals surface area contributed by atoms with Crippen molar-refractivity contribution in [3.63, 3.8) is 0 Å². The molecule has 10 rings (SSSR count). The van der Waals surface area contributed by atoms with Gasteiger partial charge in [0, 0.05) is 22.5 Å². The predicted molar refractivity (Wildman–Crippen MR) is 236 cm³/mol. The molecule has 1 aromatic heterocycles. The molecular formula is C53H43N3. The van der Waals surface area contributed by atoms with Gasteiger partial charge in [-0.25, -0.2) is 4.98 Å². The number of rotatable bonds is 8. The van der Waals surface area contributed by atoms with Gasteiger partial charge in [0.15, 0.2) is 0 Å². The van der Waals surface area contributed by atoms with Crippen molar-refractivity contribution in [3.8, 4) is 5.69 Å². The third-order valence-corrected chi connectivity index (χ3v) is 11.6. The zero-order valence-corrected chi connectivity index (χ0v) is 31.5. The number of hydrogen-bond acceptors (Lipinski definition) is 2. The maximum atomic E-state index is 5.10. The summed E-state index contributed by atoms with van der Waals surface area (Å²) in [4.78, 5) is 7.55. The number of nitrogens with zero attached hydrogens (tertiary/aromatic N) is 3. The molecule has 3 aliphatic rings. The highest BCUT2D eigenvalue weighted by Crippen LogP contribution is 2.41. The monoisotopic (exact) mass is 721 g/mol. The number of anilines is 2. The first-order valence-electron chi connectivity index (χ1n) is 19.9. The van der Waals surface area contributed by atoms with E-state index < -0.39 is 0 Å². The molecule has 7 aromatic rings. The van der Waals surface area contributed by atoms with Gasteiger partial charge < -0.3 is 4.90 Å². The second kappa shape index (κ2) is 14.8. The van der Waals surface area contributed by atoms with Gasteiger partial charge in [-0.1, -0.05) is 140 Å². The summed E-state index contributed by atoms with van der Waals surface area (Å²) in [6.45, 7) is 0. The van der Waals surface area contributed by atoms with E-state index in [1.54, 1.807) is 0 Å². The third-order valence-electron chi connectivity index (χ3n) is 11.6. The summed E-state index contributed by atoms with van der Waals surface area (Å²) in [5, 5.41) is 2.53. The van der Waals surface area contributed by atoms with E-state index in [9.17, 15) is 0 Å². The van der Waals surface area contributed by atoms with Gasteiger partial charge in [0.2, 0.25) is 0 Å². The fourth-order valence-corrected chi connectivity index (χ4v) is 8.71.